The van der Waals surface area contributed by atoms with E-state index in [9.17, 15) is 15.2 Å². The predicted octanol–water partition coefficient (Wildman–Crippen LogP) is 2.74. The zero-order valence-corrected chi connectivity index (χ0v) is 21.8. The number of nitriles is 1. The lowest BCUT2D eigenvalue weighted by atomic mass is 10.1. The number of aromatic nitrogens is 3. The van der Waals surface area contributed by atoms with Crippen molar-refractivity contribution in [2.75, 3.05) is 49.6 Å². The molecule has 0 saturated carbocycles. The fraction of sp³-hybridized carbons (Fsp3) is 0.393. The molecule has 11 nitrogen and oxygen atoms in total. The highest BCUT2D eigenvalue weighted by Gasteiger charge is 2.26. The van der Waals surface area contributed by atoms with Crippen LogP contribution in [0.2, 0.25) is 0 Å². The van der Waals surface area contributed by atoms with Gasteiger partial charge in [-0.1, -0.05) is 0 Å². The number of amides is 1. The molecular formula is C28H31N7O4. The van der Waals surface area contributed by atoms with E-state index in [2.05, 4.69) is 31.2 Å². The van der Waals surface area contributed by atoms with Gasteiger partial charge in [-0.3, -0.25) is 4.79 Å². The van der Waals surface area contributed by atoms with Gasteiger partial charge in [0, 0.05) is 50.8 Å². The van der Waals surface area contributed by atoms with E-state index in [1.54, 1.807) is 35.5 Å². The molecule has 2 aliphatic rings. The van der Waals surface area contributed by atoms with E-state index in [4.69, 9.17) is 9.47 Å². The second-order valence-electron chi connectivity index (χ2n) is 9.54. The first-order valence-electron chi connectivity index (χ1n) is 13.1. The number of rotatable bonds is 7. The molecule has 3 aromatic rings. The Morgan fingerprint density at radius 1 is 1.15 bits per heavy atom. The molecule has 4 heterocycles. The Hall–Kier alpha value is -4.27. The summed E-state index contributed by atoms with van der Waals surface area (Å²) in [6.45, 7) is 5.55. The van der Waals surface area contributed by atoms with Gasteiger partial charge in [0.2, 0.25) is 5.95 Å². The molecule has 2 fully saturated rings. The number of pyridine rings is 1. The van der Waals surface area contributed by atoms with Crippen molar-refractivity contribution in [1.82, 2.24) is 19.9 Å². The number of nitrogens with zero attached hydrogens (tertiary/aromatic N) is 6. The molecule has 11 heteroatoms. The number of aliphatic hydroxyl groups is 1. The standard InChI is InChI=1S/C28H31N7O4/c1-19(36)27(37)35-10-7-23(8-11-35)39-25-4-2-20(16-21(25)17-29)24-6-9-30-28(33-24)32-22-3-5-26(31-18-22)34-12-14-38-15-13-34/h2-6,9,16,18-19,23,36H,7-8,10-15H2,1H3,(H,30,32,33)/t19-/m0/s1. The fourth-order valence-electron chi connectivity index (χ4n) is 4.67. The van der Waals surface area contributed by atoms with Crippen LogP contribution in [0.15, 0.2) is 48.8 Å². The lowest BCUT2D eigenvalue weighted by molar-refractivity contribution is -0.141. The minimum Gasteiger partial charge on any atom is -0.489 e. The van der Waals surface area contributed by atoms with Crippen LogP contribution < -0.4 is 15.0 Å². The van der Waals surface area contributed by atoms with Gasteiger partial charge in [-0.15, -0.1) is 0 Å². The molecule has 0 spiro atoms. The number of hydrogen-bond donors (Lipinski definition) is 2. The lowest BCUT2D eigenvalue weighted by Gasteiger charge is -2.33. The summed E-state index contributed by atoms with van der Waals surface area (Å²) in [7, 11) is 0. The van der Waals surface area contributed by atoms with Crippen molar-refractivity contribution in [3.63, 3.8) is 0 Å². The van der Waals surface area contributed by atoms with E-state index in [1.807, 2.05) is 18.2 Å². The Balaban J connectivity index is 1.23. The highest BCUT2D eigenvalue weighted by atomic mass is 16.5. The van der Waals surface area contributed by atoms with Gasteiger partial charge >= 0.3 is 0 Å². The Morgan fingerprint density at radius 3 is 2.64 bits per heavy atom. The number of piperidine rings is 1. The second kappa shape index (κ2) is 12.1. The Morgan fingerprint density at radius 2 is 1.95 bits per heavy atom. The summed E-state index contributed by atoms with van der Waals surface area (Å²) < 4.78 is 11.5. The number of anilines is 3. The molecule has 1 atom stereocenters. The molecule has 0 radical (unpaired) electrons. The smallest absolute Gasteiger partial charge is 0.251 e. The molecule has 0 aliphatic carbocycles. The average molecular weight is 530 g/mol. The maximum absolute atomic E-state index is 12.0. The van der Waals surface area contributed by atoms with Crippen LogP contribution >= 0.6 is 0 Å². The van der Waals surface area contributed by atoms with Gasteiger partial charge in [0.05, 0.1) is 36.4 Å². The largest absolute Gasteiger partial charge is 0.489 e. The quantitative estimate of drug-likeness (QED) is 0.470. The molecule has 1 aromatic carbocycles. The van der Waals surface area contributed by atoms with Crippen LogP contribution in [0, 0.1) is 11.3 Å². The fourth-order valence-corrected chi connectivity index (χ4v) is 4.67. The van der Waals surface area contributed by atoms with Gasteiger partial charge in [0.25, 0.3) is 5.91 Å². The van der Waals surface area contributed by atoms with Crippen LogP contribution in [0.5, 0.6) is 5.75 Å². The average Bonchev–Trinajstić information content (AvgIpc) is 2.98. The molecule has 0 bridgehead atoms. The van der Waals surface area contributed by atoms with E-state index in [1.165, 1.54) is 6.92 Å². The van der Waals surface area contributed by atoms with Crippen molar-refractivity contribution in [2.24, 2.45) is 0 Å². The Kier molecular flexibility index (Phi) is 8.15. The van der Waals surface area contributed by atoms with Gasteiger partial charge < -0.3 is 29.7 Å². The minimum atomic E-state index is -1.00. The third-order valence-electron chi connectivity index (χ3n) is 6.80. The van der Waals surface area contributed by atoms with Crippen LogP contribution in [-0.2, 0) is 9.53 Å². The zero-order chi connectivity index (χ0) is 27.2. The number of carbonyl (C=O) groups excluding carboxylic acids is 1. The van der Waals surface area contributed by atoms with Gasteiger partial charge in [0.15, 0.2) is 0 Å². The summed E-state index contributed by atoms with van der Waals surface area (Å²) >= 11 is 0. The normalized spacial score (nSPS) is 16.8. The summed E-state index contributed by atoms with van der Waals surface area (Å²) in [5.41, 5.74) is 2.61. The Labute approximate surface area is 227 Å². The molecule has 2 aromatic heterocycles. The van der Waals surface area contributed by atoms with Gasteiger partial charge in [0.1, 0.15) is 29.8 Å². The van der Waals surface area contributed by atoms with Crippen LogP contribution in [0.3, 0.4) is 0 Å². The van der Waals surface area contributed by atoms with E-state index < -0.39 is 6.10 Å². The molecule has 2 saturated heterocycles. The molecule has 39 heavy (non-hydrogen) atoms. The predicted molar refractivity (Wildman–Crippen MR) is 145 cm³/mol. The molecule has 2 N–H and O–H groups in total. The number of hydrogen-bond acceptors (Lipinski definition) is 10. The number of benzene rings is 1. The molecule has 2 aliphatic heterocycles. The third-order valence-corrected chi connectivity index (χ3v) is 6.80. The summed E-state index contributed by atoms with van der Waals surface area (Å²) in [6.07, 6.45) is 3.57. The van der Waals surface area contributed by atoms with Crippen molar-refractivity contribution >= 4 is 23.4 Å². The van der Waals surface area contributed by atoms with Gasteiger partial charge in [-0.25, -0.2) is 15.0 Å². The lowest BCUT2D eigenvalue weighted by Crippen LogP contribution is -2.45. The number of likely N-dealkylation sites (tertiary alicyclic amines) is 1. The number of morpholine rings is 1. The number of aliphatic hydroxyl groups excluding tert-OH is 1. The summed E-state index contributed by atoms with van der Waals surface area (Å²) in [5, 5.41) is 22.5. The van der Waals surface area contributed by atoms with E-state index in [0.717, 1.165) is 30.2 Å². The highest BCUT2D eigenvalue weighted by Crippen LogP contribution is 2.28. The first kappa shape index (κ1) is 26.3. The number of ether oxygens (including phenoxy) is 2. The molecule has 5 rings (SSSR count). The number of nitrogens with one attached hydrogen (secondary N) is 1. The van der Waals surface area contributed by atoms with Gasteiger partial charge in [-0.2, -0.15) is 5.26 Å². The van der Waals surface area contributed by atoms with Crippen LogP contribution in [-0.4, -0.2) is 82.5 Å². The molecule has 202 valence electrons. The van der Waals surface area contributed by atoms with Crippen molar-refractivity contribution in [1.29, 1.82) is 5.26 Å². The number of carbonyl (C=O) groups is 1. The van der Waals surface area contributed by atoms with Crippen molar-refractivity contribution < 1.29 is 19.4 Å². The van der Waals surface area contributed by atoms with Crippen molar-refractivity contribution in [2.45, 2.75) is 32.0 Å². The van der Waals surface area contributed by atoms with E-state index in [-0.39, 0.29) is 12.0 Å². The van der Waals surface area contributed by atoms with Crippen molar-refractivity contribution in [3.05, 3.63) is 54.4 Å². The van der Waals surface area contributed by atoms with Gasteiger partial charge in [-0.05, 0) is 43.3 Å². The monoisotopic (exact) mass is 529 g/mol. The molecule has 0 unspecified atom stereocenters. The minimum absolute atomic E-state index is 0.112. The first-order chi connectivity index (χ1) is 19.0. The van der Waals surface area contributed by atoms with Crippen LogP contribution in [0.4, 0.5) is 17.5 Å². The topological polar surface area (TPSA) is 137 Å². The van der Waals surface area contributed by atoms with E-state index >= 15 is 0 Å². The summed E-state index contributed by atoms with van der Waals surface area (Å²) in [6, 6.07) is 13.3. The maximum Gasteiger partial charge on any atom is 0.251 e. The maximum atomic E-state index is 12.0. The zero-order valence-electron chi connectivity index (χ0n) is 21.8. The molecular weight excluding hydrogens is 498 g/mol. The molecule has 1 amide bonds. The van der Waals surface area contributed by atoms with E-state index in [0.29, 0.717) is 62.1 Å². The summed E-state index contributed by atoms with van der Waals surface area (Å²) in [4.78, 5) is 29.3. The van der Waals surface area contributed by atoms with Crippen LogP contribution in [0.1, 0.15) is 25.3 Å². The van der Waals surface area contributed by atoms with Crippen LogP contribution in [0.25, 0.3) is 11.3 Å². The SMILES string of the molecule is C[C@H](O)C(=O)N1CCC(Oc2ccc(-c3ccnc(Nc4ccc(N5CCOCC5)nc4)n3)cc2C#N)CC1. The first-order valence-corrected chi connectivity index (χ1v) is 13.1. The third kappa shape index (κ3) is 6.42. The second-order valence-corrected chi connectivity index (χ2v) is 9.54. The highest BCUT2D eigenvalue weighted by molar-refractivity contribution is 5.80. The summed E-state index contributed by atoms with van der Waals surface area (Å²) in [5.74, 6) is 1.56. The Bertz CT molecular complexity index is 1330. The van der Waals surface area contributed by atoms with Crippen molar-refractivity contribution in [3.8, 4) is 23.1 Å².